The van der Waals surface area contributed by atoms with Crippen LogP contribution in [0.15, 0.2) is 6.20 Å². The summed E-state index contributed by atoms with van der Waals surface area (Å²) in [6, 6.07) is 1.10. The van der Waals surface area contributed by atoms with Gasteiger partial charge in [0.15, 0.2) is 0 Å². The van der Waals surface area contributed by atoms with Crippen LogP contribution in [0.5, 0.6) is 0 Å². The highest BCUT2D eigenvalue weighted by Gasteiger charge is 2.16. The Morgan fingerprint density at radius 1 is 1.50 bits per heavy atom. The van der Waals surface area contributed by atoms with E-state index in [0.29, 0.717) is 17.9 Å². The first-order chi connectivity index (χ1) is 7.66. The maximum Gasteiger partial charge on any atom is 0.141 e. The predicted molar refractivity (Wildman–Crippen MR) is 66.1 cm³/mol. The summed E-state index contributed by atoms with van der Waals surface area (Å²) < 4.78 is 2.15. The van der Waals surface area contributed by atoms with Crippen LogP contribution in [0.4, 0.5) is 5.82 Å². The molecule has 2 rings (SSSR count). The van der Waals surface area contributed by atoms with Gasteiger partial charge in [-0.05, 0) is 26.7 Å². The number of hydrogen-bond acceptors (Lipinski definition) is 3. The second-order valence-electron chi connectivity index (χ2n) is 4.95. The van der Waals surface area contributed by atoms with Crippen molar-refractivity contribution in [2.75, 3.05) is 5.73 Å². The lowest BCUT2D eigenvalue weighted by molar-refractivity contribution is 0.484. The molecule has 1 aromatic heterocycles. The summed E-state index contributed by atoms with van der Waals surface area (Å²) in [4.78, 5) is 4.37. The van der Waals surface area contributed by atoms with Gasteiger partial charge in [0, 0.05) is 18.3 Å². The van der Waals surface area contributed by atoms with E-state index < -0.39 is 0 Å². The van der Waals surface area contributed by atoms with Crippen molar-refractivity contribution < 1.29 is 0 Å². The van der Waals surface area contributed by atoms with E-state index in [1.807, 2.05) is 6.20 Å². The Hall–Kier alpha value is -1.03. The monoisotopic (exact) mass is 222 g/mol. The van der Waals surface area contributed by atoms with Gasteiger partial charge in [-0.15, -0.1) is 0 Å². The van der Waals surface area contributed by atoms with Gasteiger partial charge < -0.3 is 15.6 Å². The fraction of sp³-hybridized carbons (Fsp3) is 0.750. The molecule has 0 aliphatic heterocycles. The quantitative estimate of drug-likeness (QED) is 0.820. The zero-order valence-corrected chi connectivity index (χ0v) is 10.2. The molecule has 0 aromatic carbocycles. The zero-order chi connectivity index (χ0) is 11.5. The smallest absolute Gasteiger partial charge is 0.141 e. The molecule has 16 heavy (non-hydrogen) atoms. The Labute approximate surface area is 97.2 Å². The fourth-order valence-electron chi connectivity index (χ4n) is 2.40. The minimum Gasteiger partial charge on any atom is -0.382 e. The van der Waals surface area contributed by atoms with Crippen LogP contribution in [-0.4, -0.2) is 15.6 Å². The van der Waals surface area contributed by atoms with Gasteiger partial charge in [0.2, 0.25) is 0 Å². The highest BCUT2D eigenvalue weighted by molar-refractivity contribution is 5.26. The van der Waals surface area contributed by atoms with Gasteiger partial charge in [0.05, 0.1) is 6.54 Å². The molecule has 1 aliphatic carbocycles. The van der Waals surface area contributed by atoms with Gasteiger partial charge in [0.1, 0.15) is 11.6 Å². The van der Waals surface area contributed by atoms with Gasteiger partial charge in [-0.25, -0.2) is 4.98 Å². The Kier molecular flexibility index (Phi) is 3.49. The SMILES string of the molecule is CC(C)n1cc(N)nc1CNC1CCCC1. The summed E-state index contributed by atoms with van der Waals surface area (Å²) in [6.07, 6.45) is 7.25. The molecule has 1 fully saturated rings. The maximum atomic E-state index is 5.74. The predicted octanol–water partition coefficient (Wildman–Crippen LogP) is 2.08. The molecule has 3 N–H and O–H groups in total. The number of nitrogens with one attached hydrogen (secondary N) is 1. The van der Waals surface area contributed by atoms with E-state index in [0.717, 1.165) is 12.4 Å². The minimum atomic E-state index is 0.421. The van der Waals surface area contributed by atoms with E-state index in [4.69, 9.17) is 5.73 Å². The van der Waals surface area contributed by atoms with Gasteiger partial charge >= 0.3 is 0 Å². The molecular weight excluding hydrogens is 200 g/mol. The zero-order valence-electron chi connectivity index (χ0n) is 10.2. The van der Waals surface area contributed by atoms with Crippen molar-refractivity contribution in [3.8, 4) is 0 Å². The van der Waals surface area contributed by atoms with E-state index >= 15 is 0 Å². The first-order valence-electron chi connectivity index (χ1n) is 6.23. The third-order valence-corrected chi connectivity index (χ3v) is 3.29. The van der Waals surface area contributed by atoms with Gasteiger partial charge in [-0.3, -0.25) is 0 Å². The Morgan fingerprint density at radius 2 is 2.19 bits per heavy atom. The van der Waals surface area contributed by atoms with Crippen LogP contribution in [0.25, 0.3) is 0 Å². The number of nitrogens with two attached hydrogens (primary N) is 1. The third-order valence-electron chi connectivity index (χ3n) is 3.29. The average molecular weight is 222 g/mol. The van der Waals surface area contributed by atoms with Crippen LogP contribution in [0.1, 0.15) is 51.4 Å². The molecule has 1 aliphatic rings. The molecular formula is C12H22N4. The summed E-state index contributed by atoms with van der Waals surface area (Å²) in [7, 11) is 0. The number of nitrogens with zero attached hydrogens (tertiary/aromatic N) is 2. The second-order valence-corrected chi connectivity index (χ2v) is 4.95. The summed E-state index contributed by atoms with van der Waals surface area (Å²) in [6.45, 7) is 5.14. The maximum absolute atomic E-state index is 5.74. The fourth-order valence-corrected chi connectivity index (χ4v) is 2.40. The van der Waals surface area contributed by atoms with Crippen LogP contribution < -0.4 is 11.1 Å². The summed E-state index contributed by atoms with van der Waals surface area (Å²) in [5, 5.41) is 3.57. The molecule has 0 amide bonds. The molecule has 4 heteroatoms. The number of hydrogen-bond donors (Lipinski definition) is 2. The average Bonchev–Trinajstić information content (AvgIpc) is 2.83. The molecule has 90 valence electrons. The Morgan fingerprint density at radius 3 is 2.81 bits per heavy atom. The molecule has 0 saturated heterocycles. The van der Waals surface area contributed by atoms with Crippen molar-refractivity contribution >= 4 is 5.82 Å². The summed E-state index contributed by atoms with van der Waals surface area (Å²) in [5.74, 6) is 1.68. The first kappa shape index (κ1) is 11.5. The van der Waals surface area contributed by atoms with Gasteiger partial charge in [-0.2, -0.15) is 0 Å². The van der Waals surface area contributed by atoms with Crippen LogP contribution >= 0.6 is 0 Å². The van der Waals surface area contributed by atoms with E-state index in [2.05, 4.69) is 28.7 Å². The van der Waals surface area contributed by atoms with E-state index in [-0.39, 0.29) is 0 Å². The molecule has 0 bridgehead atoms. The minimum absolute atomic E-state index is 0.421. The lowest BCUT2D eigenvalue weighted by Crippen LogP contribution is -2.27. The third kappa shape index (κ3) is 2.55. The number of imidazole rings is 1. The highest BCUT2D eigenvalue weighted by Crippen LogP contribution is 2.19. The molecule has 0 radical (unpaired) electrons. The van der Waals surface area contributed by atoms with Crippen molar-refractivity contribution in [2.24, 2.45) is 0 Å². The Bertz CT molecular complexity index is 337. The van der Waals surface area contributed by atoms with Gasteiger partial charge in [-0.1, -0.05) is 12.8 Å². The lowest BCUT2D eigenvalue weighted by Gasteiger charge is -2.14. The lowest BCUT2D eigenvalue weighted by atomic mass is 10.2. The number of rotatable bonds is 4. The first-order valence-corrected chi connectivity index (χ1v) is 6.23. The van der Waals surface area contributed by atoms with E-state index in [1.54, 1.807) is 0 Å². The molecule has 1 aromatic rings. The van der Waals surface area contributed by atoms with Crippen molar-refractivity contribution in [1.29, 1.82) is 0 Å². The van der Waals surface area contributed by atoms with Crippen LogP contribution in [0.2, 0.25) is 0 Å². The molecule has 1 heterocycles. The van der Waals surface area contributed by atoms with E-state index in [9.17, 15) is 0 Å². The Balaban J connectivity index is 1.97. The van der Waals surface area contributed by atoms with Crippen molar-refractivity contribution in [2.45, 2.75) is 58.2 Å². The van der Waals surface area contributed by atoms with Crippen molar-refractivity contribution in [3.63, 3.8) is 0 Å². The normalized spacial score (nSPS) is 17.4. The van der Waals surface area contributed by atoms with Crippen LogP contribution in [-0.2, 0) is 6.54 Å². The van der Waals surface area contributed by atoms with Crippen LogP contribution in [0, 0.1) is 0 Å². The standard InChI is InChI=1S/C12H22N4/c1-9(2)16-8-11(13)15-12(16)7-14-10-5-3-4-6-10/h8-10,14H,3-7,13H2,1-2H3. The number of aromatic nitrogens is 2. The molecule has 0 atom stereocenters. The van der Waals surface area contributed by atoms with Gasteiger partial charge in [0.25, 0.3) is 0 Å². The van der Waals surface area contributed by atoms with Crippen molar-refractivity contribution in [1.82, 2.24) is 14.9 Å². The molecule has 4 nitrogen and oxygen atoms in total. The van der Waals surface area contributed by atoms with E-state index in [1.165, 1.54) is 25.7 Å². The summed E-state index contributed by atoms with van der Waals surface area (Å²) in [5.41, 5.74) is 5.74. The molecule has 0 spiro atoms. The molecule has 0 unspecified atom stereocenters. The molecule has 1 saturated carbocycles. The van der Waals surface area contributed by atoms with Crippen molar-refractivity contribution in [3.05, 3.63) is 12.0 Å². The number of nitrogen functional groups attached to an aromatic ring is 1. The number of anilines is 1. The topological polar surface area (TPSA) is 55.9 Å². The second kappa shape index (κ2) is 4.87. The summed E-state index contributed by atoms with van der Waals surface area (Å²) >= 11 is 0. The highest BCUT2D eigenvalue weighted by atomic mass is 15.1. The van der Waals surface area contributed by atoms with Crippen LogP contribution in [0.3, 0.4) is 0 Å². The largest absolute Gasteiger partial charge is 0.382 e.